The number of nitrogens with zero attached hydrogens (tertiary/aromatic N) is 4. The van der Waals surface area contributed by atoms with Crippen LogP contribution in [0.2, 0.25) is 0 Å². The van der Waals surface area contributed by atoms with Gasteiger partial charge in [0, 0.05) is 56.3 Å². The van der Waals surface area contributed by atoms with Crippen molar-refractivity contribution in [1.29, 1.82) is 0 Å². The average Bonchev–Trinajstić information content (AvgIpc) is 3.27. The molecule has 6 heteroatoms. The van der Waals surface area contributed by atoms with Crippen LogP contribution in [0.5, 0.6) is 0 Å². The van der Waals surface area contributed by atoms with Gasteiger partial charge in [-0.1, -0.05) is 0 Å². The summed E-state index contributed by atoms with van der Waals surface area (Å²) in [6.45, 7) is 8.67. The molecule has 120 valence electrons. The van der Waals surface area contributed by atoms with Crippen LogP contribution in [0.3, 0.4) is 0 Å². The standard InChI is InChI=1S/C16H25N5O/c1-3-20-7-6-18-15(20)11-17-9-13-5-8-22-16(13)14-10-19-21(4-2)12-14/h6-7,10,12-13,16-17H,3-5,8-9,11H2,1-2H3/t13-,16+/m1/s1. The van der Waals surface area contributed by atoms with E-state index in [9.17, 15) is 0 Å². The summed E-state index contributed by atoms with van der Waals surface area (Å²) in [5.74, 6) is 1.59. The minimum atomic E-state index is 0.165. The molecular formula is C16H25N5O. The van der Waals surface area contributed by atoms with E-state index >= 15 is 0 Å². The molecule has 3 rings (SSSR count). The van der Waals surface area contributed by atoms with Crippen molar-refractivity contribution >= 4 is 0 Å². The fourth-order valence-electron chi connectivity index (χ4n) is 3.08. The number of imidazole rings is 1. The van der Waals surface area contributed by atoms with Gasteiger partial charge in [-0.2, -0.15) is 5.10 Å². The molecule has 3 heterocycles. The van der Waals surface area contributed by atoms with E-state index in [0.717, 1.165) is 45.0 Å². The second kappa shape index (κ2) is 7.07. The lowest BCUT2D eigenvalue weighted by molar-refractivity contribution is 0.0903. The number of aromatic nitrogens is 4. The zero-order chi connectivity index (χ0) is 15.4. The molecule has 0 radical (unpaired) electrons. The molecule has 22 heavy (non-hydrogen) atoms. The Kier molecular flexibility index (Phi) is 4.90. The van der Waals surface area contributed by atoms with Crippen LogP contribution in [0.25, 0.3) is 0 Å². The molecule has 0 bridgehead atoms. The summed E-state index contributed by atoms with van der Waals surface area (Å²) in [6.07, 6.45) is 9.19. The lowest BCUT2D eigenvalue weighted by Gasteiger charge is -2.18. The molecule has 0 amide bonds. The summed E-state index contributed by atoms with van der Waals surface area (Å²) in [5.41, 5.74) is 1.20. The highest BCUT2D eigenvalue weighted by molar-refractivity contribution is 5.11. The molecule has 2 atom stereocenters. The first kappa shape index (κ1) is 15.2. The Morgan fingerprint density at radius 2 is 2.27 bits per heavy atom. The molecule has 2 aromatic heterocycles. The average molecular weight is 303 g/mol. The maximum atomic E-state index is 5.93. The molecule has 1 aliphatic heterocycles. The van der Waals surface area contributed by atoms with Gasteiger partial charge >= 0.3 is 0 Å². The fraction of sp³-hybridized carbons (Fsp3) is 0.625. The number of ether oxygens (including phenoxy) is 1. The Balaban J connectivity index is 1.55. The summed E-state index contributed by atoms with van der Waals surface area (Å²) >= 11 is 0. The van der Waals surface area contributed by atoms with E-state index in [2.05, 4.69) is 40.0 Å². The van der Waals surface area contributed by atoms with E-state index in [1.165, 1.54) is 5.56 Å². The van der Waals surface area contributed by atoms with Crippen molar-refractivity contribution in [2.45, 2.75) is 46.0 Å². The first-order valence-electron chi connectivity index (χ1n) is 8.16. The second-order valence-corrected chi connectivity index (χ2v) is 5.73. The fourth-order valence-corrected chi connectivity index (χ4v) is 3.08. The van der Waals surface area contributed by atoms with Crippen molar-refractivity contribution < 1.29 is 4.74 Å². The van der Waals surface area contributed by atoms with Crippen LogP contribution in [-0.4, -0.2) is 32.5 Å². The third-order valence-corrected chi connectivity index (χ3v) is 4.35. The summed E-state index contributed by atoms with van der Waals surface area (Å²) in [7, 11) is 0. The lowest BCUT2D eigenvalue weighted by atomic mass is 9.97. The second-order valence-electron chi connectivity index (χ2n) is 5.73. The van der Waals surface area contributed by atoms with Crippen LogP contribution in [0.15, 0.2) is 24.8 Å². The maximum Gasteiger partial charge on any atom is 0.122 e. The molecule has 1 saturated heterocycles. The zero-order valence-electron chi connectivity index (χ0n) is 13.4. The summed E-state index contributed by atoms with van der Waals surface area (Å²) in [4.78, 5) is 4.40. The van der Waals surface area contributed by atoms with Crippen LogP contribution in [0, 0.1) is 5.92 Å². The Hall–Kier alpha value is -1.66. The Bertz CT molecular complexity index is 591. The van der Waals surface area contributed by atoms with Crippen molar-refractivity contribution in [3.8, 4) is 0 Å². The minimum absolute atomic E-state index is 0.165. The topological polar surface area (TPSA) is 56.9 Å². The molecule has 0 aliphatic carbocycles. The van der Waals surface area contributed by atoms with Gasteiger partial charge in [-0.05, 0) is 20.3 Å². The van der Waals surface area contributed by atoms with Crippen molar-refractivity contribution in [2.75, 3.05) is 13.2 Å². The van der Waals surface area contributed by atoms with Crippen molar-refractivity contribution in [2.24, 2.45) is 5.92 Å². The molecular weight excluding hydrogens is 278 g/mol. The van der Waals surface area contributed by atoms with Gasteiger partial charge in [0.2, 0.25) is 0 Å². The zero-order valence-corrected chi connectivity index (χ0v) is 13.4. The molecule has 0 unspecified atom stereocenters. The molecule has 1 N–H and O–H groups in total. The van der Waals surface area contributed by atoms with Gasteiger partial charge in [-0.15, -0.1) is 0 Å². The Morgan fingerprint density at radius 3 is 3.05 bits per heavy atom. The normalized spacial score (nSPS) is 21.5. The molecule has 0 saturated carbocycles. The minimum Gasteiger partial charge on any atom is -0.373 e. The smallest absolute Gasteiger partial charge is 0.122 e. The van der Waals surface area contributed by atoms with Gasteiger partial charge < -0.3 is 14.6 Å². The van der Waals surface area contributed by atoms with E-state index in [-0.39, 0.29) is 6.10 Å². The Morgan fingerprint density at radius 1 is 1.36 bits per heavy atom. The van der Waals surface area contributed by atoms with Crippen molar-refractivity contribution in [1.82, 2.24) is 24.6 Å². The quantitative estimate of drug-likeness (QED) is 0.850. The highest BCUT2D eigenvalue weighted by Gasteiger charge is 2.30. The third-order valence-electron chi connectivity index (χ3n) is 4.35. The van der Waals surface area contributed by atoms with E-state index < -0.39 is 0 Å². The molecule has 1 aliphatic rings. The van der Waals surface area contributed by atoms with Crippen LogP contribution >= 0.6 is 0 Å². The first-order chi connectivity index (χ1) is 10.8. The van der Waals surface area contributed by atoms with Gasteiger partial charge in [0.05, 0.1) is 18.8 Å². The monoisotopic (exact) mass is 303 g/mol. The number of hydrogen-bond donors (Lipinski definition) is 1. The first-order valence-corrected chi connectivity index (χ1v) is 8.16. The predicted molar refractivity (Wildman–Crippen MR) is 84.3 cm³/mol. The highest BCUT2D eigenvalue weighted by Crippen LogP contribution is 2.33. The molecule has 6 nitrogen and oxygen atoms in total. The van der Waals surface area contributed by atoms with E-state index in [4.69, 9.17) is 4.74 Å². The number of aryl methyl sites for hydroxylation is 2. The van der Waals surface area contributed by atoms with Gasteiger partial charge in [-0.3, -0.25) is 4.68 Å². The number of hydrogen-bond acceptors (Lipinski definition) is 4. The largest absolute Gasteiger partial charge is 0.373 e. The highest BCUT2D eigenvalue weighted by atomic mass is 16.5. The summed E-state index contributed by atoms with van der Waals surface area (Å²) < 4.78 is 10.1. The Labute approximate surface area is 131 Å². The summed E-state index contributed by atoms with van der Waals surface area (Å²) in [6, 6.07) is 0. The van der Waals surface area contributed by atoms with Gasteiger partial charge in [0.1, 0.15) is 5.82 Å². The lowest BCUT2D eigenvalue weighted by Crippen LogP contribution is -2.25. The van der Waals surface area contributed by atoms with E-state index in [0.29, 0.717) is 5.92 Å². The van der Waals surface area contributed by atoms with Crippen LogP contribution in [-0.2, 0) is 24.4 Å². The molecule has 2 aromatic rings. The van der Waals surface area contributed by atoms with Gasteiger partial charge in [-0.25, -0.2) is 4.98 Å². The summed E-state index contributed by atoms with van der Waals surface area (Å²) in [5, 5.41) is 7.89. The molecule has 0 aromatic carbocycles. The van der Waals surface area contributed by atoms with Gasteiger partial charge in [0.25, 0.3) is 0 Å². The van der Waals surface area contributed by atoms with Crippen LogP contribution in [0.4, 0.5) is 0 Å². The predicted octanol–water partition coefficient (Wildman–Crippen LogP) is 1.99. The van der Waals surface area contributed by atoms with Crippen molar-refractivity contribution in [3.05, 3.63) is 36.2 Å². The van der Waals surface area contributed by atoms with E-state index in [1.807, 2.05) is 23.3 Å². The SMILES string of the molecule is CCn1cc([C@H]2OCC[C@@H]2CNCc2nccn2CC)cn1. The number of nitrogens with one attached hydrogen (secondary N) is 1. The van der Waals surface area contributed by atoms with Gasteiger partial charge in [0.15, 0.2) is 0 Å². The van der Waals surface area contributed by atoms with E-state index in [1.54, 1.807) is 0 Å². The van der Waals surface area contributed by atoms with Crippen LogP contribution < -0.4 is 5.32 Å². The molecule has 1 fully saturated rings. The molecule has 0 spiro atoms. The maximum absolute atomic E-state index is 5.93. The third kappa shape index (κ3) is 3.23. The van der Waals surface area contributed by atoms with Crippen LogP contribution in [0.1, 0.15) is 37.8 Å². The van der Waals surface area contributed by atoms with Crippen molar-refractivity contribution in [3.63, 3.8) is 0 Å². The number of rotatable bonds is 7.